The van der Waals surface area contributed by atoms with Crippen LogP contribution in [-0.4, -0.2) is 10.2 Å². The van der Waals surface area contributed by atoms with Crippen LogP contribution in [0.1, 0.15) is 0 Å². The van der Waals surface area contributed by atoms with Crippen LogP contribution in [0.3, 0.4) is 0 Å². The molecule has 0 spiro atoms. The molecule has 2 nitrogen and oxygen atoms in total. The largest absolute Gasteiger partial charge is 2.00 e. The fourth-order valence-corrected chi connectivity index (χ4v) is 0.903. The number of para-hydroxylation sites is 2. The molecule has 0 fully saturated rings. The Morgan fingerprint density at radius 3 is 1.05 bits per heavy atom. The summed E-state index contributed by atoms with van der Waals surface area (Å²) in [6.07, 6.45) is 0. The van der Waals surface area contributed by atoms with E-state index in [1.54, 1.807) is 12.1 Å². The summed E-state index contributed by atoms with van der Waals surface area (Å²) in [5.74, 6) is -1.75. The molecule has 0 saturated heterocycles. The Labute approximate surface area is 141 Å². The van der Waals surface area contributed by atoms with Gasteiger partial charge < -0.3 is 35.0 Å². The van der Waals surface area contributed by atoms with Crippen LogP contribution in [0.25, 0.3) is 0 Å². The van der Waals surface area contributed by atoms with E-state index < -0.39 is 11.6 Å². The fraction of sp³-hybridized carbons (Fsp3) is 0. The first kappa shape index (κ1) is 23.5. The third-order valence-corrected chi connectivity index (χ3v) is 1.70. The number of aromatic hydroxyl groups is 2. The smallest absolute Gasteiger partial charge is 1.00 e. The predicted molar refractivity (Wildman–Crippen MR) is 56.1 cm³/mol. The van der Waals surface area contributed by atoms with Crippen molar-refractivity contribution in [2.24, 2.45) is 0 Å². The first-order chi connectivity index (χ1) is 7.61. The van der Waals surface area contributed by atoms with E-state index in [2.05, 4.69) is 0 Å². The molecule has 0 aliphatic carbocycles. The van der Waals surface area contributed by atoms with Gasteiger partial charge in [0.15, 0.2) is 23.1 Å². The zero-order valence-corrected chi connectivity index (χ0v) is 13.5. The summed E-state index contributed by atoms with van der Waals surface area (Å²) in [5, 5.41) is 17.1. The van der Waals surface area contributed by atoms with Gasteiger partial charge >= 0.3 is 26.2 Å². The van der Waals surface area contributed by atoms with Crippen LogP contribution in [0, 0.1) is 11.6 Å². The summed E-state index contributed by atoms with van der Waals surface area (Å²) in [6, 6.07) is 11.2. The number of hydrogen-bond acceptors (Lipinski definition) is 2. The Morgan fingerprint density at radius 2 is 0.895 bits per heavy atom. The van der Waals surface area contributed by atoms with Crippen LogP contribution in [-0.2, 0) is 26.2 Å². The van der Waals surface area contributed by atoms with Crippen molar-refractivity contribution in [1.82, 2.24) is 0 Å². The van der Waals surface area contributed by atoms with E-state index in [1.165, 1.54) is 36.4 Å². The maximum absolute atomic E-state index is 12.1. The van der Waals surface area contributed by atoms with Gasteiger partial charge in [0.25, 0.3) is 0 Å². The number of phenolic OH excluding ortho intramolecular Hbond substituents is 2. The van der Waals surface area contributed by atoms with Crippen LogP contribution >= 0.6 is 0 Å². The van der Waals surface area contributed by atoms with E-state index >= 15 is 0 Å². The number of phenols is 2. The summed E-state index contributed by atoms with van der Waals surface area (Å²) < 4.78 is 24.1. The Bertz CT molecular complexity index is 387. The molecule has 0 unspecified atom stereocenters. The first-order valence-corrected chi connectivity index (χ1v) is 4.48. The molecule has 0 aliphatic rings. The van der Waals surface area contributed by atoms with Crippen molar-refractivity contribution in [3.8, 4) is 11.5 Å². The standard InChI is InChI=1S/2C6H5FO.2ClH.Zr/c2*7-5-3-1-2-4-6(5)8;;;/h2*1-4,8H;2*1H;/q;;;;+2/p-2. The van der Waals surface area contributed by atoms with Gasteiger partial charge in [-0.2, -0.15) is 0 Å². The summed E-state index contributed by atoms with van der Waals surface area (Å²) >= 11 is 0. The van der Waals surface area contributed by atoms with Crippen molar-refractivity contribution < 1.29 is 70.0 Å². The molecular weight excluding hydrogens is 376 g/mol. The summed E-state index contributed by atoms with van der Waals surface area (Å²) in [6.45, 7) is 0. The van der Waals surface area contributed by atoms with E-state index in [9.17, 15) is 8.78 Å². The van der Waals surface area contributed by atoms with Crippen molar-refractivity contribution in [1.29, 1.82) is 0 Å². The van der Waals surface area contributed by atoms with E-state index in [4.69, 9.17) is 10.2 Å². The molecule has 102 valence electrons. The molecule has 0 aromatic heterocycles. The fourth-order valence-electron chi connectivity index (χ4n) is 0.903. The second-order valence-electron chi connectivity index (χ2n) is 2.90. The van der Waals surface area contributed by atoms with Crippen LogP contribution in [0.5, 0.6) is 11.5 Å². The first-order valence-electron chi connectivity index (χ1n) is 4.48. The maximum atomic E-state index is 12.1. The van der Waals surface area contributed by atoms with Gasteiger partial charge in [0.05, 0.1) is 0 Å². The molecule has 2 aromatic rings. The topological polar surface area (TPSA) is 40.5 Å². The molecule has 0 bridgehead atoms. The van der Waals surface area contributed by atoms with Crippen LogP contribution < -0.4 is 24.8 Å². The van der Waals surface area contributed by atoms with Crippen LogP contribution in [0.15, 0.2) is 48.5 Å². The predicted octanol–water partition coefficient (Wildman–Crippen LogP) is -2.93. The van der Waals surface area contributed by atoms with Gasteiger partial charge in [0, 0.05) is 0 Å². The summed E-state index contributed by atoms with van der Waals surface area (Å²) in [4.78, 5) is 0. The summed E-state index contributed by atoms with van der Waals surface area (Å²) in [5.41, 5.74) is 0. The van der Waals surface area contributed by atoms with Gasteiger partial charge in [-0.3, -0.25) is 0 Å². The Hall–Kier alpha value is -0.637. The van der Waals surface area contributed by atoms with Gasteiger partial charge in [-0.15, -0.1) is 0 Å². The maximum Gasteiger partial charge on any atom is 2.00 e. The van der Waals surface area contributed by atoms with E-state index in [0.717, 1.165) is 0 Å². The zero-order valence-electron chi connectivity index (χ0n) is 9.53. The number of rotatable bonds is 0. The monoisotopic (exact) mass is 384 g/mol. The second-order valence-corrected chi connectivity index (χ2v) is 2.90. The molecule has 0 atom stereocenters. The normalized spacial score (nSPS) is 7.68. The van der Waals surface area contributed by atoms with Crippen LogP contribution in [0.2, 0.25) is 0 Å². The number of benzene rings is 2. The van der Waals surface area contributed by atoms with Gasteiger partial charge in [0.2, 0.25) is 0 Å². The minimum Gasteiger partial charge on any atom is -1.00 e. The van der Waals surface area contributed by atoms with Gasteiger partial charge in [-0.05, 0) is 24.3 Å². The van der Waals surface area contributed by atoms with E-state index in [-0.39, 0.29) is 62.5 Å². The number of hydrogen-bond donors (Lipinski definition) is 2. The summed E-state index contributed by atoms with van der Waals surface area (Å²) in [7, 11) is 0. The Morgan fingerprint density at radius 1 is 0.632 bits per heavy atom. The average Bonchev–Trinajstić information content (AvgIpc) is 2.28. The van der Waals surface area contributed by atoms with Gasteiger partial charge in [-0.25, -0.2) is 8.78 Å². The SMILES string of the molecule is Oc1ccccc1F.Oc1ccccc1F.[Cl-].[Cl-].[Zr+2]. The molecule has 0 saturated carbocycles. The number of halogens is 4. The molecule has 7 heteroatoms. The quantitative estimate of drug-likeness (QED) is 0.509. The minimum absolute atomic E-state index is 0. The molecule has 0 heterocycles. The Balaban J connectivity index is -0.000000233. The third kappa shape index (κ3) is 8.98. The Kier molecular flexibility index (Phi) is 15.3. The average molecular weight is 386 g/mol. The van der Waals surface area contributed by atoms with E-state index in [1.807, 2.05) is 0 Å². The molecule has 2 rings (SSSR count). The van der Waals surface area contributed by atoms with Crippen molar-refractivity contribution in [3.05, 3.63) is 60.2 Å². The molecule has 2 N–H and O–H groups in total. The van der Waals surface area contributed by atoms with E-state index in [0.29, 0.717) is 0 Å². The van der Waals surface area contributed by atoms with Gasteiger partial charge in [-0.1, -0.05) is 24.3 Å². The molecular formula is C12H10Cl2F2O2Zr. The molecule has 19 heavy (non-hydrogen) atoms. The van der Waals surface area contributed by atoms with Gasteiger partial charge in [0.1, 0.15) is 0 Å². The zero-order chi connectivity index (χ0) is 12.0. The molecule has 0 radical (unpaired) electrons. The van der Waals surface area contributed by atoms with Crippen molar-refractivity contribution in [3.63, 3.8) is 0 Å². The molecule has 2 aromatic carbocycles. The molecule has 0 amide bonds. The third-order valence-electron chi connectivity index (χ3n) is 1.70. The van der Waals surface area contributed by atoms with Crippen LogP contribution in [0.4, 0.5) is 8.78 Å². The second kappa shape index (κ2) is 12.4. The van der Waals surface area contributed by atoms with Crippen molar-refractivity contribution in [2.45, 2.75) is 0 Å². The molecule has 0 aliphatic heterocycles. The van der Waals surface area contributed by atoms with Crippen molar-refractivity contribution in [2.75, 3.05) is 0 Å². The van der Waals surface area contributed by atoms with Crippen molar-refractivity contribution >= 4 is 0 Å². The minimum atomic E-state index is -0.576.